The molecule has 0 aliphatic heterocycles. The maximum Gasteiger partial charge on any atom is 0.246 e. The van der Waals surface area contributed by atoms with Crippen molar-refractivity contribution in [1.29, 1.82) is 0 Å². The number of hydrogen-bond donors (Lipinski definition) is 12. The van der Waals surface area contributed by atoms with Crippen LogP contribution >= 0.6 is 0 Å². The average molecular weight is 479 g/mol. The van der Waals surface area contributed by atoms with Crippen LogP contribution < -0.4 is 67.6 Å². The molecule has 18 heteroatoms. The third-order valence-electron chi connectivity index (χ3n) is 4.20. The normalized spacial score (nSPS) is 10.6. The van der Waals surface area contributed by atoms with Crippen LogP contribution in [0.15, 0.2) is 0 Å². The number of rotatable bonds is 13. The lowest BCUT2D eigenvalue weighted by Gasteiger charge is -2.13. The van der Waals surface area contributed by atoms with E-state index in [9.17, 15) is 28.8 Å². The number of hydrazine groups is 6. The molecular formula is C15H34N12O6. The summed E-state index contributed by atoms with van der Waals surface area (Å²) in [6, 6.07) is 0. The minimum atomic E-state index is -1.01. The van der Waals surface area contributed by atoms with Crippen molar-refractivity contribution in [3.8, 4) is 0 Å². The Labute approximate surface area is 189 Å². The van der Waals surface area contributed by atoms with E-state index in [1.54, 1.807) is 0 Å². The Bertz CT molecular complexity index is 645. The molecule has 0 aromatic rings. The van der Waals surface area contributed by atoms with Crippen LogP contribution in [0.4, 0.5) is 0 Å². The maximum absolute atomic E-state index is 11.3. The van der Waals surface area contributed by atoms with E-state index in [4.69, 9.17) is 35.1 Å². The van der Waals surface area contributed by atoms with Crippen LogP contribution in [-0.2, 0) is 28.8 Å². The number of nitrogens with two attached hydrogens (primary N) is 6. The number of amides is 6. The van der Waals surface area contributed by atoms with Crippen molar-refractivity contribution in [2.24, 2.45) is 46.9 Å². The molecule has 0 saturated carbocycles. The van der Waals surface area contributed by atoms with Crippen LogP contribution in [0.1, 0.15) is 44.9 Å². The van der Waals surface area contributed by atoms with E-state index in [0.717, 1.165) is 0 Å². The van der Waals surface area contributed by atoms with Gasteiger partial charge in [-0.3, -0.25) is 61.3 Å². The zero-order valence-corrected chi connectivity index (χ0v) is 18.0. The minimum absolute atomic E-state index is 0.0796. The Morgan fingerprint density at radius 3 is 1.27 bits per heavy atom. The molecule has 0 aromatic heterocycles. The van der Waals surface area contributed by atoms with E-state index >= 15 is 0 Å². The summed E-state index contributed by atoms with van der Waals surface area (Å²) in [4.78, 5) is 66.4. The lowest BCUT2D eigenvalue weighted by Crippen LogP contribution is -2.46. The Kier molecular flexibility index (Phi) is 18.6. The molecule has 33 heavy (non-hydrogen) atoms. The van der Waals surface area contributed by atoms with Crippen molar-refractivity contribution >= 4 is 35.4 Å². The first-order valence-corrected chi connectivity index (χ1v) is 9.61. The smallest absolute Gasteiger partial charge is 0.246 e. The first kappa shape index (κ1) is 31.8. The maximum atomic E-state index is 11.3. The number of carbonyl (C=O) groups excluding carboxylic acids is 6. The van der Waals surface area contributed by atoms with Gasteiger partial charge in [0.15, 0.2) is 0 Å². The summed E-state index contributed by atoms with van der Waals surface area (Å²) < 4.78 is 0. The zero-order valence-electron chi connectivity index (χ0n) is 18.0. The third kappa shape index (κ3) is 15.1. The molecule has 1 unspecified atom stereocenters. The van der Waals surface area contributed by atoms with E-state index in [0.29, 0.717) is 19.3 Å². The summed E-state index contributed by atoms with van der Waals surface area (Å²) >= 11 is 0. The summed E-state index contributed by atoms with van der Waals surface area (Å²) in [5.74, 6) is 24.9. The Balaban J connectivity index is 0. The van der Waals surface area contributed by atoms with Crippen LogP contribution in [0.5, 0.6) is 0 Å². The van der Waals surface area contributed by atoms with Crippen LogP contribution in [0.3, 0.4) is 0 Å². The van der Waals surface area contributed by atoms with Gasteiger partial charge in [-0.15, -0.1) is 0 Å². The van der Waals surface area contributed by atoms with Crippen LogP contribution in [0, 0.1) is 11.8 Å². The molecule has 0 radical (unpaired) electrons. The molecule has 0 spiro atoms. The standard InChI is InChI=1S/C8H18N6O3.C7H16N6O3/c9-12-6(15)3-1-2-5(8(17)14-11)4-7(16)13-10;8-11-5(14)3-1-2-4(6(15)12-9)7(16)13-10/h5H,1-4,9-11H2,(H,12,15)(H,13,16)(H,14,17);4H,1-3,8-10H2,(H,11,14)(H,12,15)(H,13,16). The predicted octanol–water partition coefficient (Wildman–Crippen LogP) is -6.12. The van der Waals surface area contributed by atoms with E-state index in [1.165, 1.54) is 0 Å². The topological polar surface area (TPSA) is 331 Å². The van der Waals surface area contributed by atoms with Gasteiger partial charge in [-0.1, -0.05) is 0 Å². The number of nitrogens with one attached hydrogen (secondary N) is 6. The number of hydrogen-bond acceptors (Lipinski definition) is 12. The van der Waals surface area contributed by atoms with Crippen LogP contribution in [-0.4, -0.2) is 35.4 Å². The lowest BCUT2D eigenvalue weighted by molar-refractivity contribution is -0.136. The molecule has 1 atom stereocenters. The molecule has 18 N–H and O–H groups in total. The highest BCUT2D eigenvalue weighted by atomic mass is 16.2. The fourth-order valence-corrected chi connectivity index (χ4v) is 2.43. The van der Waals surface area contributed by atoms with Crippen molar-refractivity contribution in [1.82, 2.24) is 32.6 Å². The molecule has 0 aromatic carbocycles. The van der Waals surface area contributed by atoms with Gasteiger partial charge in [-0.05, 0) is 25.7 Å². The SMILES string of the molecule is NNC(=O)CCCC(C(=O)NN)C(=O)NN.NNC(=O)CCCC(CC(=O)NN)C(=O)NN. The molecular weight excluding hydrogens is 444 g/mol. The minimum Gasteiger partial charge on any atom is -0.294 e. The third-order valence-corrected chi connectivity index (χ3v) is 4.20. The van der Waals surface area contributed by atoms with Crippen molar-refractivity contribution in [2.45, 2.75) is 44.9 Å². The summed E-state index contributed by atoms with van der Waals surface area (Å²) in [6.07, 6.45) is 1.43. The van der Waals surface area contributed by atoms with Gasteiger partial charge in [-0.2, -0.15) is 0 Å². The Morgan fingerprint density at radius 2 is 0.909 bits per heavy atom. The van der Waals surface area contributed by atoms with Crippen molar-refractivity contribution in [3.63, 3.8) is 0 Å². The lowest BCUT2D eigenvalue weighted by atomic mass is 9.97. The number of carbonyl (C=O) groups is 6. The largest absolute Gasteiger partial charge is 0.294 e. The first-order valence-electron chi connectivity index (χ1n) is 9.61. The zero-order chi connectivity index (χ0) is 25.8. The van der Waals surface area contributed by atoms with Crippen molar-refractivity contribution in [2.75, 3.05) is 0 Å². The summed E-state index contributed by atoms with van der Waals surface area (Å²) in [5, 5.41) is 0. The van der Waals surface area contributed by atoms with Gasteiger partial charge in [0.25, 0.3) is 0 Å². The molecule has 6 amide bonds. The van der Waals surface area contributed by atoms with Gasteiger partial charge in [0.05, 0.1) is 0 Å². The van der Waals surface area contributed by atoms with Gasteiger partial charge >= 0.3 is 0 Å². The van der Waals surface area contributed by atoms with Crippen molar-refractivity contribution in [3.05, 3.63) is 0 Å². The van der Waals surface area contributed by atoms with Gasteiger partial charge in [0.1, 0.15) is 5.92 Å². The fraction of sp³-hybridized carbons (Fsp3) is 0.600. The second-order valence-electron chi connectivity index (χ2n) is 6.47. The highest BCUT2D eigenvalue weighted by Crippen LogP contribution is 2.13. The van der Waals surface area contributed by atoms with Gasteiger partial charge in [-0.25, -0.2) is 35.1 Å². The summed E-state index contributed by atoms with van der Waals surface area (Å²) in [7, 11) is 0. The first-order chi connectivity index (χ1) is 15.6. The molecule has 0 saturated heterocycles. The molecule has 0 heterocycles. The van der Waals surface area contributed by atoms with E-state index in [1.807, 2.05) is 32.6 Å². The summed E-state index contributed by atoms with van der Waals surface area (Å²) in [6.45, 7) is 0. The molecule has 0 aliphatic rings. The fourth-order valence-electron chi connectivity index (χ4n) is 2.43. The van der Waals surface area contributed by atoms with E-state index in [-0.39, 0.29) is 37.5 Å². The van der Waals surface area contributed by atoms with Crippen LogP contribution in [0.25, 0.3) is 0 Å². The molecule has 0 aliphatic carbocycles. The molecule has 0 bridgehead atoms. The highest BCUT2D eigenvalue weighted by molar-refractivity contribution is 5.99. The highest BCUT2D eigenvalue weighted by Gasteiger charge is 2.25. The molecule has 0 rings (SSSR count). The predicted molar refractivity (Wildman–Crippen MR) is 113 cm³/mol. The monoisotopic (exact) mass is 478 g/mol. The van der Waals surface area contributed by atoms with Gasteiger partial charge in [0, 0.05) is 25.2 Å². The van der Waals surface area contributed by atoms with Crippen molar-refractivity contribution < 1.29 is 28.8 Å². The molecule has 190 valence electrons. The quantitative estimate of drug-likeness (QED) is 0.0509. The van der Waals surface area contributed by atoms with E-state index < -0.39 is 35.5 Å². The summed E-state index contributed by atoms with van der Waals surface area (Å²) in [5.41, 5.74) is 11.5. The van der Waals surface area contributed by atoms with Gasteiger partial charge in [0.2, 0.25) is 35.4 Å². The van der Waals surface area contributed by atoms with E-state index in [2.05, 4.69) is 0 Å². The average Bonchev–Trinajstić information content (AvgIpc) is 2.84. The Hall–Kier alpha value is -3.42. The van der Waals surface area contributed by atoms with Crippen LogP contribution in [0.2, 0.25) is 0 Å². The second-order valence-corrected chi connectivity index (χ2v) is 6.47. The van der Waals surface area contributed by atoms with Gasteiger partial charge < -0.3 is 0 Å². The molecule has 18 nitrogen and oxygen atoms in total. The second kappa shape index (κ2) is 19.3. The molecule has 0 fully saturated rings. The Morgan fingerprint density at radius 1 is 0.515 bits per heavy atom.